The maximum absolute atomic E-state index is 12.3. The number of rotatable bonds is 8. The third kappa shape index (κ3) is 6.45. The summed E-state index contributed by atoms with van der Waals surface area (Å²) in [5, 5.41) is 1.54. The zero-order valence-corrected chi connectivity index (χ0v) is 15.6. The van der Waals surface area contributed by atoms with Gasteiger partial charge < -0.3 is 5.73 Å². The summed E-state index contributed by atoms with van der Waals surface area (Å²) >= 11 is 7.37. The summed E-state index contributed by atoms with van der Waals surface area (Å²) < 4.78 is 27.1. The highest BCUT2D eigenvalue weighted by atomic mass is 35.5. The molecule has 0 radical (unpaired) electrons. The molecule has 1 amide bonds. The van der Waals surface area contributed by atoms with Crippen LogP contribution in [0.3, 0.4) is 0 Å². The molecule has 0 saturated carbocycles. The van der Waals surface area contributed by atoms with E-state index in [9.17, 15) is 13.2 Å². The Morgan fingerprint density at radius 2 is 1.84 bits per heavy atom. The average Bonchev–Trinajstić information content (AvgIpc) is 2.55. The van der Waals surface area contributed by atoms with E-state index < -0.39 is 15.9 Å². The van der Waals surface area contributed by atoms with Gasteiger partial charge in [-0.3, -0.25) is 9.52 Å². The molecule has 0 aliphatic carbocycles. The fraction of sp³-hybridized carbons (Fsp3) is 0.118. The van der Waals surface area contributed by atoms with Crippen molar-refractivity contribution in [3.8, 4) is 0 Å². The predicted octanol–water partition coefficient (Wildman–Crippen LogP) is 3.72. The third-order valence-electron chi connectivity index (χ3n) is 3.08. The first-order chi connectivity index (χ1) is 11.9. The number of amides is 1. The molecule has 2 aromatic rings. The number of hydrogen-bond acceptors (Lipinski definition) is 4. The van der Waals surface area contributed by atoms with Gasteiger partial charge in [0.05, 0.1) is 11.1 Å². The average molecular weight is 397 g/mol. The molecule has 0 aromatic heterocycles. The molecule has 3 N–H and O–H groups in total. The van der Waals surface area contributed by atoms with Crippen LogP contribution >= 0.6 is 23.4 Å². The van der Waals surface area contributed by atoms with Crippen molar-refractivity contribution in [1.29, 1.82) is 0 Å². The number of anilines is 1. The van der Waals surface area contributed by atoms with Gasteiger partial charge in [0.2, 0.25) is 5.91 Å². The molecule has 2 aromatic carbocycles. The molecule has 0 fully saturated rings. The summed E-state index contributed by atoms with van der Waals surface area (Å²) in [6.45, 7) is 0. The smallest absolute Gasteiger partial charge is 0.255 e. The van der Waals surface area contributed by atoms with E-state index in [4.69, 9.17) is 17.3 Å². The second kappa shape index (κ2) is 8.94. The number of halogens is 1. The summed E-state index contributed by atoms with van der Waals surface area (Å²) in [5.41, 5.74) is 6.17. The number of benzene rings is 2. The van der Waals surface area contributed by atoms with E-state index in [1.165, 1.54) is 17.8 Å². The summed E-state index contributed by atoms with van der Waals surface area (Å²) in [5.74, 6) is 0.0806. The summed E-state index contributed by atoms with van der Waals surface area (Å²) in [6.07, 6.45) is 1.66. The van der Waals surface area contributed by atoms with Crippen molar-refractivity contribution >= 4 is 51.1 Å². The van der Waals surface area contributed by atoms with Gasteiger partial charge in [-0.05, 0) is 29.8 Å². The van der Waals surface area contributed by atoms with Crippen LogP contribution in [0.2, 0.25) is 5.02 Å². The van der Waals surface area contributed by atoms with E-state index in [2.05, 4.69) is 4.72 Å². The lowest BCUT2D eigenvalue weighted by molar-refractivity contribution is -0.117. The zero-order chi connectivity index (χ0) is 18.3. The molecular formula is C17H17ClN2O3S2. The minimum Gasteiger partial charge on any atom is -0.370 e. The molecule has 0 unspecified atom stereocenters. The van der Waals surface area contributed by atoms with Crippen molar-refractivity contribution in [3.63, 3.8) is 0 Å². The van der Waals surface area contributed by atoms with Crippen LogP contribution < -0.4 is 10.5 Å². The third-order valence-corrected chi connectivity index (χ3v) is 5.50. The number of para-hydroxylation sites is 1. The highest BCUT2D eigenvalue weighted by molar-refractivity contribution is 7.99. The fourth-order valence-electron chi connectivity index (χ4n) is 1.90. The van der Waals surface area contributed by atoms with Crippen molar-refractivity contribution in [1.82, 2.24) is 0 Å². The monoisotopic (exact) mass is 396 g/mol. The largest absolute Gasteiger partial charge is 0.370 e. The van der Waals surface area contributed by atoms with E-state index in [1.807, 2.05) is 0 Å². The summed E-state index contributed by atoms with van der Waals surface area (Å²) in [6, 6.07) is 13.9. The van der Waals surface area contributed by atoms with Crippen LogP contribution in [0.4, 0.5) is 5.69 Å². The van der Waals surface area contributed by atoms with Crippen molar-refractivity contribution in [2.24, 2.45) is 5.73 Å². The van der Waals surface area contributed by atoms with Crippen LogP contribution in [-0.4, -0.2) is 20.1 Å². The standard InChI is InChI=1S/C17H17ClN2O3S2/c18-14-6-2-1-5-13(14)10-12-25(22,23)20-15-7-3-4-8-16(15)24-11-9-17(19)21/h1-8,10,12,20H,9,11H2,(H2,19,21). The van der Waals surface area contributed by atoms with Gasteiger partial charge in [0, 0.05) is 22.1 Å². The van der Waals surface area contributed by atoms with Gasteiger partial charge in [0.25, 0.3) is 10.0 Å². The topological polar surface area (TPSA) is 89.3 Å². The molecule has 0 aliphatic heterocycles. The summed E-state index contributed by atoms with van der Waals surface area (Å²) in [7, 11) is -3.71. The Labute approximate surface area is 156 Å². The Bertz CT molecular complexity index is 883. The maximum Gasteiger partial charge on any atom is 0.255 e. The van der Waals surface area contributed by atoms with E-state index >= 15 is 0 Å². The number of nitrogens with two attached hydrogens (primary N) is 1. The first kappa shape index (κ1) is 19.4. The number of primary amides is 1. The summed E-state index contributed by atoms with van der Waals surface area (Å²) in [4.78, 5) is 11.5. The fourth-order valence-corrected chi connectivity index (χ4v) is 4.01. The highest BCUT2D eigenvalue weighted by Gasteiger charge is 2.10. The highest BCUT2D eigenvalue weighted by Crippen LogP contribution is 2.28. The quantitative estimate of drug-likeness (QED) is 0.665. The number of thioether (sulfide) groups is 1. The Hall–Kier alpha value is -1.96. The molecule has 132 valence electrons. The predicted molar refractivity (Wildman–Crippen MR) is 104 cm³/mol. The molecule has 5 nitrogen and oxygen atoms in total. The molecule has 2 rings (SSSR count). The number of sulfonamides is 1. The van der Waals surface area contributed by atoms with Gasteiger partial charge in [-0.2, -0.15) is 0 Å². The van der Waals surface area contributed by atoms with Gasteiger partial charge in [-0.1, -0.05) is 41.9 Å². The van der Waals surface area contributed by atoms with Crippen LogP contribution in [0.1, 0.15) is 12.0 Å². The van der Waals surface area contributed by atoms with Crippen molar-refractivity contribution < 1.29 is 13.2 Å². The van der Waals surface area contributed by atoms with Crippen LogP contribution in [-0.2, 0) is 14.8 Å². The minimum atomic E-state index is -3.71. The molecule has 0 aliphatic rings. The number of hydrogen-bond donors (Lipinski definition) is 2. The molecule has 25 heavy (non-hydrogen) atoms. The van der Waals surface area contributed by atoms with E-state index in [0.29, 0.717) is 22.0 Å². The van der Waals surface area contributed by atoms with Gasteiger partial charge in [0.1, 0.15) is 0 Å². The number of carbonyl (C=O) groups is 1. The lowest BCUT2D eigenvalue weighted by Gasteiger charge is -2.10. The lowest BCUT2D eigenvalue weighted by atomic mass is 10.2. The molecule has 0 bridgehead atoms. The van der Waals surface area contributed by atoms with E-state index in [1.54, 1.807) is 48.5 Å². The first-order valence-electron chi connectivity index (χ1n) is 7.33. The first-order valence-corrected chi connectivity index (χ1v) is 10.2. The molecule has 8 heteroatoms. The van der Waals surface area contributed by atoms with Gasteiger partial charge >= 0.3 is 0 Å². The molecular weight excluding hydrogens is 380 g/mol. The Kier molecular flexibility index (Phi) is 6.92. The second-order valence-electron chi connectivity index (χ2n) is 5.03. The molecule has 0 heterocycles. The van der Waals surface area contributed by atoms with Crippen molar-refractivity contribution in [3.05, 3.63) is 64.5 Å². The van der Waals surface area contributed by atoms with Crippen LogP contribution in [0.25, 0.3) is 6.08 Å². The molecule has 0 atom stereocenters. The Balaban J connectivity index is 2.12. The van der Waals surface area contributed by atoms with Gasteiger partial charge in [-0.15, -0.1) is 11.8 Å². The maximum atomic E-state index is 12.3. The second-order valence-corrected chi connectivity index (χ2v) is 8.14. The molecule has 0 spiro atoms. The van der Waals surface area contributed by atoms with Crippen LogP contribution in [0.15, 0.2) is 58.8 Å². The zero-order valence-electron chi connectivity index (χ0n) is 13.2. The Morgan fingerprint density at radius 3 is 2.56 bits per heavy atom. The van der Waals surface area contributed by atoms with E-state index in [0.717, 1.165) is 10.3 Å². The number of nitrogens with one attached hydrogen (secondary N) is 1. The van der Waals surface area contributed by atoms with E-state index in [-0.39, 0.29) is 6.42 Å². The lowest BCUT2D eigenvalue weighted by Crippen LogP contribution is -2.11. The van der Waals surface area contributed by atoms with Crippen LogP contribution in [0.5, 0.6) is 0 Å². The Morgan fingerprint density at radius 1 is 1.16 bits per heavy atom. The van der Waals surface area contributed by atoms with Gasteiger partial charge in [0.15, 0.2) is 0 Å². The number of carbonyl (C=O) groups excluding carboxylic acids is 1. The van der Waals surface area contributed by atoms with Crippen molar-refractivity contribution in [2.45, 2.75) is 11.3 Å². The van der Waals surface area contributed by atoms with Crippen LogP contribution in [0, 0.1) is 0 Å². The normalized spacial score (nSPS) is 11.6. The van der Waals surface area contributed by atoms with Crippen molar-refractivity contribution in [2.75, 3.05) is 10.5 Å². The minimum absolute atomic E-state index is 0.220. The SMILES string of the molecule is NC(=O)CCSc1ccccc1NS(=O)(=O)C=Cc1ccccc1Cl. The van der Waals surface area contributed by atoms with Gasteiger partial charge in [-0.25, -0.2) is 8.42 Å². The molecule has 0 saturated heterocycles.